The van der Waals surface area contributed by atoms with Crippen LogP contribution in [0.25, 0.3) is 0 Å². The third-order valence-corrected chi connectivity index (χ3v) is 4.68. The van der Waals surface area contributed by atoms with Gasteiger partial charge < -0.3 is 20.7 Å². The predicted octanol–water partition coefficient (Wildman–Crippen LogP) is 1.77. The molecule has 3 rings (SSSR count). The summed E-state index contributed by atoms with van der Waals surface area (Å²) in [6.07, 6.45) is 0.00911. The Hall–Kier alpha value is -3.23. The van der Waals surface area contributed by atoms with Gasteiger partial charge in [-0.15, -0.1) is 0 Å². The zero-order chi connectivity index (χ0) is 21.3. The van der Waals surface area contributed by atoms with Gasteiger partial charge in [-0.3, -0.25) is 19.3 Å². The normalized spacial score (nSPS) is 16.5. The predicted molar refractivity (Wildman–Crippen MR) is 114 cm³/mol. The lowest BCUT2D eigenvalue weighted by molar-refractivity contribution is -0.136. The van der Waals surface area contributed by atoms with Crippen LogP contribution in [-0.4, -0.2) is 55.4 Å². The first-order valence-corrected chi connectivity index (χ1v) is 9.87. The van der Waals surface area contributed by atoms with E-state index in [1.165, 1.54) is 6.92 Å². The molecular formula is C22H26N4O4. The zero-order valence-corrected chi connectivity index (χ0v) is 16.9. The maximum atomic E-state index is 12.1. The summed E-state index contributed by atoms with van der Waals surface area (Å²) in [4.78, 5) is 37.6. The van der Waals surface area contributed by atoms with Crippen molar-refractivity contribution >= 4 is 29.1 Å². The lowest BCUT2D eigenvalue weighted by atomic mass is 10.1. The summed E-state index contributed by atoms with van der Waals surface area (Å²) in [7, 11) is 0. The number of ether oxygens (including phenoxy) is 1. The number of hydrogen-bond acceptors (Lipinski definition) is 5. The van der Waals surface area contributed by atoms with Crippen molar-refractivity contribution in [3.05, 3.63) is 60.2 Å². The number of hydrogen-bond donors (Lipinski definition) is 3. The van der Waals surface area contributed by atoms with Gasteiger partial charge in [-0.05, 0) is 23.8 Å². The molecule has 0 saturated carbocycles. The standard InChI is InChI=1S/C22H26N4O4/c1-16(27)24-18-8-5-9-19(14-18)25-22(29)21(28)23-10-11-26-12-13-30-20(15-26)17-6-3-2-4-7-17/h2-9,14,20H,10-13,15H2,1H3,(H,23,28)(H,24,27)(H,25,29)/t20-/m0/s1. The van der Waals surface area contributed by atoms with Gasteiger partial charge in [0.2, 0.25) is 5.91 Å². The fraction of sp³-hybridized carbons (Fsp3) is 0.318. The van der Waals surface area contributed by atoms with Crippen LogP contribution in [0.2, 0.25) is 0 Å². The fourth-order valence-electron chi connectivity index (χ4n) is 3.25. The van der Waals surface area contributed by atoms with Crippen molar-refractivity contribution in [2.45, 2.75) is 13.0 Å². The van der Waals surface area contributed by atoms with Crippen molar-refractivity contribution in [2.24, 2.45) is 0 Å². The second-order valence-electron chi connectivity index (χ2n) is 7.04. The van der Waals surface area contributed by atoms with Gasteiger partial charge in [0.25, 0.3) is 0 Å². The maximum absolute atomic E-state index is 12.1. The van der Waals surface area contributed by atoms with Crippen LogP contribution in [0, 0.1) is 0 Å². The van der Waals surface area contributed by atoms with Gasteiger partial charge in [0, 0.05) is 44.5 Å². The van der Waals surface area contributed by atoms with E-state index in [0.717, 1.165) is 18.7 Å². The molecule has 0 radical (unpaired) electrons. The summed E-state index contributed by atoms with van der Waals surface area (Å²) in [5, 5.41) is 7.81. The van der Waals surface area contributed by atoms with Crippen molar-refractivity contribution < 1.29 is 19.1 Å². The van der Waals surface area contributed by atoms with Gasteiger partial charge in [-0.25, -0.2) is 0 Å². The summed E-state index contributed by atoms with van der Waals surface area (Å²) < 4.78 is 5.84. The molecule has 1 aliphatic rings. The van der Waals surface area contributed by atoms with Gasteiger partial charge in [0.05, 0.1) is 12.7 Å². The number of nitrogens with one attached hydrogen (secondary N) is 3. The Bertz CT molecular complexity index is 888. The van der Waals surface area contributed by atoms with Gasteiger partial charge in [0.1, 0.15) is 0 Å². The quantitative estimate of drug-likeness (QED) is 0.631. The lowest BCUT2D eigenvalue weighted by Crippen LogP contribution is -2.44. The molecule has 3 amide bonds. The van der Waals surface area contributed by atoms with E-state index in [1.54, 1.807) is 24.3 Å². The minimum Gasteiger partial charge on any atom is -0.371 e. The molecule has 8 nitrogen and oxygen atoms in total. The molecule has 1 heterocycles. The van der Waals surface area contributed by atoms with Gasteiger partial charge >= 0.3 is 11.8 Å². The average Bonchev–Trinajstić information content (AvgIpc) is 2.74. The third-order valence-electron chi connectivity index (χ3n) is 4.68. The van der Waals surface area contributed by atoms with Crippen molar-refractivity contribution in [3.63, 3.8) is 0 Å². The van der Waals surface area contributed by atoms with E-state index < -0.39 is 11.8 Å². The second kappa shape index (κ2) is 10.5. The summed E-state index contributed by atoms with van der Waals surface area (Å²) in [5.74, 6) is -1.67. The van der Waals surface area contributed by atoms with E-state index in [2.05, 4.69) is 20.9 Å². The molecule has 1 atom stereocenters. The average molecular weight is 410 g/mol. The molecule has 30 heavy (non-hydrogen) atoms. The van der Waals surface area contributed by atoms with Gasteiger partial charge in [-0.2, -0.15) is 0 Å². The molecule has 0 bridgehead atoms. The minimum absolute atomic E-state index is 0.00911. The van der Waals surface area contributed by atoms with E-state index in [1.807, 2.05) is 30.3 Å². The van der Waals surface area contributed by atoms with Crippen molar-refractivity contribution in [1.82, 2.24) is 10.2 Å². The minimum atomic E-state index is -0.751. The highest BCUT2D eigenvalue weighted by atomic mass is 16.5. The van der Waals surface area contributed by atoms with Crippen LogP contribution in [0.1, 0.15) is 18.6 Å². The van der Waals surface area contributed by atoms with Crippen LogP contribution in [-0.2, 0) is 19.1 Å². The molecule has 1 aliphatic heterocycles. The van der Waals surface area contributed by atoms with Gasteiger partial charge in [-0.1, -0.05) is 36.4 Å². The van der Waals surface area contributed by atoms with Crippen molar-refractivity contribution in [3.8, 4) is 0 Å². The number of benzene rings is 2. The Balaban J connectivity index is 1.43. The number of nitrogens with zero attached hydrogens (tertiary/aromatic N) is 1. The largest absolute Gasteiger partial charge is 0.371 e. The second-order valence-corrected chi connectivity index (χ2v) is 7.04. The molecule has 158 valence electrons. The van der Waals surface area contributed by atoms with Crippen LogP contribution in [0.3, 0.4) is 0 Å². The van der Waals surface area contributed by atoms with Crippen LogP contribution < -0.4 is 16.0 Å². The molecular weight excluding hydrogens is 384 g/mol. The monoisotopic (exact) mass is 410 g/mol. The third kappa shape index (κ3) is 6.40. The highest BCUT2D eigenvalue weighted by Crippen LogP contribution is 2.21. The Kier molecular flexibility index (Phi) is 7.53. The van der Waals surface area contributed by atoms with Crippen LogP contribution in [0.15, 0.2) is 54.6 Å². The molecule has 1 saturated heterocycles. The number of amides is 3. The smallest absolute Gasteiger partial charge is 0.313 e. The highest BCUT2D eigenvalue weighted by molar-refractivity contribution is 6.39. The first-order valence-electron chi connectivity index (χ1n) is 9.87. The molecule has 0 aliphatic carbocycles. The van der Waals surface area contributed by atoms with E-state index >= 15 is 0 Å². The summed E-state index contributed by atoms with van der Waals surface area (Å²) in [6, 6.07) is 16.6. The van der Waals surface area contributed by atoms with Crippen LogP contribution >= 0.6 is 0 Å². The first-order chi connectivity index (χ1) is 14.5. The van der Waals surface area contributed by atoms with E-state index in [9.17, 15) is 14.4 Å². The van der Waals surface area contributed by atoms with Gasteiger partial charge in [0.15, 0.2) is 0 Å². The van der Waals surface area contributed by atoms with Crippen LogP contribution in [0.4, 0.5) is 11.4 Å². The molecule has 8 heteroatoms. The lowest BCUT2D eigenvalue weighted by Gasteiger charge is -2.33. The zero-order valence-electron chi connectivity index (χ0n) is 16.9. The molecule has 1 fully saturated rings. The number of rotatable bonds is 6. The molecule has 3 N–H and O–H groups in total. The number of carbonyl (C=O) groups is 3. The molecule has 2 aromatic rings. The summed E-state index contributed by atoms with van der Waals surface area (Å²) in [5.41, 5.74) is 2.10. The Morgan fingerprint density at radius 3 is 2.47 bits per heavy atom. The SMILES string of the molecule is CC(=O)Nc1cccc(NC(=O)C(=O)NCCN2CCO[C@H](c3ccccc3)C2)c1. The topological polar surface area (TPSA) is 99.8 Å². The molecule has 2 aromatic carbocycles. The molecule has 0 unspecified atom stereocenters. The van der Waals surface area contributed by atoms with Crippen molar-refractivity contribution in [1.29, 1.82) is 0 Å². The molecule has 0 aromatic heterocycles. The summed E-state index contributed by atoms with van der Waals surface area (Å²) in [6.45, 7) is 4.53. The summed E-state index contributed by atoms with van der Waals surface area (Å²) >= 11 is 0. The number of carbonyl (C=O) groups excluding carboxylic acids is 3. The Morgan fingerprint density at radius 2 is 1.73 bits per heavy atom. The number of anilines is 2. The van der Waals surface area contributed by atoms with E-state index in [0.29, 0.717) is 31.1 Å². The highest BCUT2D eigenvalue weighted by Gasteiger charge is 2.22. The first kappa shape index (κ1) is 21.5. The maximum Gasteiger partial charge on any atom is 0.313 e. The fourth-order valence-corrected chi connectivity index (χ4v) is 3.25. The van der Waals surface area contributed by atoms with Crippen molar-refractivity contribution in [2.75, 3.05) is 43.4 Å². The van der Waals surface area contributed by atoms with E-state index in [4.69, 9.17) is 4.74 Å². The number of morpholine rings is 1. The Labute approximate surface area is 175 Å². The van der Waals surface area contributed by atoms with Crippen LogP contribution in [0.5, 0.6) is 0 Å². The Morgan fingerprint density at radius 1 is 1.00 bits per heavy atom. The van der Waals surface area contributed by atoms with E-state index in [-0.39, 0.29) is 12.0 Å². The molecule has 0 spiro atoms.